The standard InChI is InChI=1S/C15H20ClNO/c16-11-13-5-7-14(8-6-13)15(18)17-10-9-12-3-1-2-4-12/h5-8,12H,1-4,9-11H2,(H,17,18). The van der Waals surface area contributed by atoms with Crippen LogP contribution in [-0.4, -0.2) is 12.5 Å². The molecule has 1 aromatic rings. The van der Waals surface area contributed by atoms with Crippen molar-refractivity contribution in [2.45, 2.75) is 38.0 Å². The molecule has 1 saturated carbocycles. The summed E-state index contributed by atoms with van der Waals surface area (Å²) in [5, 5.41) is 2.99. The fraction of sp³-hybridized carbons (Fsp3) is 0.533. The molecule has 0 spiro atoms. The van der Waals surface area contributed by atoms with Gasteiger partial charge in [-0.1, -0.05) is 37.8 Å². The van der Waals surface area contributed by atoms with E-state index in [2.05, 4.69) is 5.32 Å². The van der Waals surface area contributed by atoms with E-state index in [4.69, 9.17) is 11.6 Å². The molecule has 1 amide bonds. The molecule has 0 bridgehead atoms. The van der Waals surface area contributed by atoms with E-state index >= 15 is 0 Å². The summed E-state index contributed by atoms with van der Waals surface area (Å²) in [5.41, 5.74) is 1.76. The van der Waals surface area contributed by atoms with Crippen molar-refractivity contribution >= 4 is 17.5 Å². The monoisotopic (exact) mass is 265 g/mol. The minimum absolute atomic E-state index is 0.0223. The summed E-state index contributed by atoms with van der Waals surface area (Å²) in [4.78, 5) is 11.9. The van der Waals surface area contributed by atoms with Crippen molar-refractivity contribution in [2.24, 2.45) is 5.92 Å². The zero-order valence-electron chi connectivity index (χ0n) is 10.6. The molecule has 0 aromatic heterocycles. The Bertz CT molecular complexity index is 382. The lowest BCUT2D eigenvalue weighted by molar-refractivity contribution is 0.0951. The van der Waals surface area contributed by atoms with E-state index in [-0.39, 0.29) is 5.91 Å². The van der Waals surface area contributed by atoms with Crippen LogP contribution in [0.1, 0.15) is 48.0 Å². The van der Waals surface area contributed by atoms with Crippen LogP contribution >= 0.6 is 11.6 Å². The molecule has 0 atom stereocenters. The second-order valence-electron chi connectivity index (χ2n) is 5.03. The van der Waals surface area contributed by atoms with Crippen LogP contribution in [0.3, 0.4) is 0 Å². The number of alkyl halides is 1. The highest BCUT2D eigenvalue weighted by Crippen LogP contribution is 2.26. The average Bonchev–Trinajstić information content (AvgIpc) is 2.92. The number of hydrogen-bond donors (Lipinski definition) is 1. The van der Waals surface area contributed by atoms with Gasteiger partial charge in [-0.05, 0) is 30.0 Å². The quantitative estimate of drug-likeness (QED) is 0.808. The molecule has 1 fully saturated rings. The van der Waals surface area contributed by atoms with Gasteiger partial charge in [0.05, 0.1) is 0 Å². The Morgan fingerprint density at radius 2 is 1.89 bits per heavy atom. The van der Waals surface area contributed by atoms with Gasteiger partial charge in [-0.15, -0.1) is 11.6 Å². The van der Waals surface area contributed by atoms with Gasteiger partial charge in [-0.3, -0.25) is 4.79 Å². The van der Waals surface area contributed by atoms with Gasteiger partial charge in [-0.25, -0.2) is 0 Å². The molecular formula is C15H20ClNO. The molecule has 0 heterocycles. The van der Waals surface area contributed by atoms with Crippen LogP contribution in [0.5, 0.6) is 0 Å². The smallest absolute Gasteiger partial charge is 0.251 e. The third kappa shape index (κ3) is 3.74. The van der Waals surface area contributed by atoms with Gasteiger partial charge in [0.1, 0.15) is 0 Å². The Balaban J connectivity index is 1.76. The van der Waals surface area contributed by atoms with E-state index < -0.39 is 0 Å². The molecule has 0 saturated heterocycles. The SMILES string of the molecule is O=C(NCCC1CCCC1)c1ccc(CCl)cc1. The molecule has 1 N–H and O–H groups in total. The fourth-order valence-corrected chi connectivity index (χ4v) is 2.71. The maximum atomic E-state index is 11.9. The second-order valence-corrected chi connectivity index (χ2v) is 5.29. The summed E-state index contributed by atoms with van der Waals surface area (Å²) < 4.78 is 0. The fourth-order valence-electron chi connectivity index (χ4n) is 2.54. The van der Waals surface area contributed by atoms with E-state index in [0.29, 0.717) is 5.88 Å². The minimum Gasteiger partial charge on any atom is -0.352 e. The third-order valence-electron chi connectivity index (χ3n) is 3.68. The molecule has 1 aliphatic carbocycles. The third-order valence-corrected chi connectivity index (χ3v) is 3.99. The Hall–Kier alpha value is -1.02. The van der Waals surface area contributed by atoms with Crippen molar-refractivity contribution in [1.29, 1.82) is 0 Å². The molecule has 1 aliphatic rings. The molecule has 0 unspecified atom stereocenters. The lowest BCUT2D eigenvalue weighted by Gasteiger charge is -2.10. The van der Waals surface area contributed by atoms with Gasteiger partial charge in [0, 0.05) is 18.0 Å². The normalized spacial score (nSPS) is 15.8. The molecule has 2 nitrogen and oxygen atoms in total. The largest absolute Gasteiger partial charge is 0.352 e. The number of rotatable bonds is 5. The number of benzene rings is 1. The first kappa shape index (κ1) is 13.4. The van der Waals surface area contributed by atoms with Gasteiger partial charge in [-0.2, -0.15) is 0 Å². The summed E-state index contributed by atoms with van der Waals surface area (Å²) in [6.45, 7) is 0.792. The first-order valence-corrected chi connectivity index (χ1v) is 7.26. The van der Waals surface area contributed by atoms with E-state index in [0.717, 1.165) is 30.0 Å². The van der Waals surface area contributed by atoms with Crippen LogP contribution < -0.4 is 5.32 Å². The second kappa shape index (κ2) is 6.79. The summed E-state index contributed by atoms with van der Waals surface area (Å²) in [5.74, 6) is 1.34. The van der Waals surface area contributed by atoms with Crippen LogP contribution in [0, 0.1) is 5.92 Å². The summed E-state index contributed by atoms with van der Waals surface area (Å²) in [6.07, 6.45) is 6.50. The van der Waals surface area contributed by atoms with Crippen molar-refractivity contribution in [3.63, 3.8) is 0 Å². The van der Waals surface area contributed by atoms with Crippen LogP contribution in [0.2, 0.25) is 0 Å². The van der Waals surface area contributed by atoms with Crippen molar-refractivity contribution in [1.82, 2.24) is 5.32 Å². The molecule has 2 rings (SSSR count). The first-order chi connectivity index (χ1) is 8.79. The van der Waals surface area contributed by atoms with Gasteiger partial charge < -0.3 is 5.32 Å². The Morgan fingerprint density at radius 3 is 2.50 bits per heavy atom. The molecule has 0 aliphatic heterocycles. The maximum Gasteiger partial charge on any atom is 0.251 e. The highest BCUT2D eigenvalue weighted by Gasteiger charge is 2.14. The topological polar surface area (TPSA) is 29.1 Å². The summed E-state index contributed by atoms with van der Waals surface area (Å²) in [7, 11) is 0. The minimum atomic E-state index is 0.0223. The zero-order chi connectivity index (χ0) is 12.8. The highest BCUT2D eigenvalue weighted by atomic mass is 35.5. The van der Waals surface area contributed by atoms with Gasteiger partial charge >= 0.3 is 0 Å². The lowest BCUT2D eigenvalue weighted by Crippen LogP contribution is -2.25. The zero-order valence-corrected chi connectivity index (χ0v) is 11.4. The molecule has 1 aromatic carbocycles. The molecule has 18 heavy (non-hydrogen) atoms. The first-order valence-electron chi connectivity index (χ1n) is 6.72. The van der Waals surface area contributed by atoms with Crippen LogP contribution in [0.15, 0.2) is 24.3 Å². The van der Waals surface area contributed by atoms with Crippen molar-refractivity contribution in [3.05, 3.63) is 35.4 Å². The van der Waals surface area contributed by atoms with Crippen molar-refractivity contribution in [3.8, 4) is 0 Å². The number of hydrogen-bond acceptors (Lipinski definition) is 1. The van der Waals surface area contributed by atoms with Crippen LogP contribution in [0.4, 0.5) is 0 Å². The molecular weight excluding hydrogens is 246 g/mol. The number of amides is 1. The van der Waals surface area contributed by atoms with Crippen molar-refractivity contribution in [2.75, 3.05) is 6.54 Å². The number of halogens is 1. The van der Waals surface area contributed by atoms with Crippen molar-refractivity contribution < 1.29 is 4.79 Å². The molecule has 3 heteroatoms. The predicted octanol–water partition coefficient (Wildman–Crippen LogP) is 3.74. The highest BCUT2D eigenvalue weighted by molar-refractivity contribution is 6.17. The van der Waals surface area contributed by atoms with Gasteiger partial charge in [0.15, 0.2) is 0 Å². The van der Waals surface area contributed by atoms with Gasteiger partial charge in [0.2, 0.25) is 0 Å². The Morgan fingerprint density at radius 1 is 1.22 bits per heavy atom. The average molecular weight is 266 g/mol. The maximum absolute atomic E-state index is 11.9. The molecule has 0 radical (unpaired) electrons. The van der Waals surface area contributed by atoms with Gasteiger partial charge in [0.25, 0.3) is 5.91 Å². The molecule has 98 valence electrons. The van der Waals surface area contributed by atoms with E-state index in [1.807, 2.05) is 24.3 Å². The lowest BCUT2D eigenvalue weighted by atomic mass is 10.0. The van der Waals surface area contributed by atoms with Crippen LogP contribution in [-0.2, 0) is 5.88 Å². The number of carbonyl (C=O) groups excluding carboxylic acids is 1. The van der Waals surface area contributed by atoms with E-state index in [1.165, 1.54) is 25.7 Å². The Labute approximate surface area is 114 Å². The Kier molecular flexibility index (Phi) is 5.06. The van der Waals surface area contributed by atoms with E-state index in [1.54, 1.807) is 0 Å². The predicted molar refractivity (Wildman–Crippen MR) is 74.9 cm³/mol. The summed E-state index contributed by atoms with van der Waals surface area (Å²) >= 11 is 5.71. The summed E-state index contributed by atoms with van der Waals surface area (Å²) in [6, 6.07) is 7.48. The van der Waals surface area contributed by atoms with Crippen LogP contribution in [0.25, 0.3) is 0 Å². The number of nitrogens with one attached hydrogen (secondary N) is 1. The number of carbonyl (C=O) groups is 1. The van der Waals surface area contributed by atoms with E-state index in [9.17, 15) is 4.79 Å².